The number of alkyl halides is 6. The van der Waals surface area contributed by atoms with E-state index in [4.69, 9.17) is 0 Å². The van der Waals surface area contributed by atoms with Crippen molar-refractivity contribution in [2.75, 3.05) is 5.32 Å². The number of carbonyl (C=O) groups excluding carboxylic acids is 1. The Morgan fingerprint density at radius 1 is 0.972 bits per heavy atom. The van der Waals surface area contributed by atoms with E-state index in [2.05, 4.69) is 20.4 Å². The third kappa shape index (κ3) is 5.37. The molecule has 0 saturated carbocycles. The number of halogens is 6. The number of amides is 1. The van der Waals surface area contributed by atoms with Crippen LogP contribution in [0, 0.1) is 6.92 Å². The lowest BCUT2D eigenvalue weighted by Crippen LogP contribution is -2.16. The standard InChI is InChI=1S/C24H17F6N5O/c1-14-21(34-22(36)17-8-16(10-31-11-17)20-4-2-3-7-32-20)12-33-35(14)13-15-5-6-18(23(25,26)27)9-19(15)24(28,29)30/h2-12H,13H2,1H3,(H,34,36). The lowest BCUT2D eigenvalue weighted by atomic mass is 10.0. The molecule has 3 heterocycles. The molecule has 0 aliphatic rings. The molecule has 0 unspecified atom stereocenters. The summed E-state index contributed by atoms with van der Waals surface area (Å²) in [7, 11) is 0. The highest BCUT2D eigenvalue weighted by Gasteiger charge is 2.38. The Morgan fingerprint density at radius 3 is 2.42 bits per heavy atom. The number of hydrogen-bond donors (Lipinski definition) is 1. The van der Waals surface area contributed by atoms with Crippen LogP contribution in [0.1, 0.15) is 32.7 Å². The summed E-state index contributed by atoms with van der Waals surface area (Å²) in [5.41, 5.74) is -1.23. The Labute approximate surface area is 200 Å². The highest BCUT2D eigenvalue weighted by molar-refractivity contribution is 6.04. The number of anilines is 1. The van der Waals surface area contributed by atoms with Crippen LogP contribution < -0.4 is 5.32 Å². The van der Waals surface area contributed by atoms with Crippen molar-refractivity contribution < 1.29 is 31.1 Å². The van der Waals surface area contributed by atoms with Crippen LogP contribution in [-0.2, 0) is 18.9 Å². The highest BCUT2D eigenvalue weighted by Crippen LogP contribution is 2.37. The van der Waals surface area contributed by atoms with Gasteiger partial charge in [0, 0.05) is 24.2 Å². The second-order valence-electron chi connectivity index (χ2n) is 7.80. The maximum absolute atomic E-state index is 13.5. The van der Waals surface area contributed by atoms with E-state index >= 15 is 0 Å². The number of nitrogens with zero attached hydrogens (tertiary/aromatic N) is 4. The molecule has 0 radical (unpaired) electrons. The van der Waals surface area contributed by atoms with Gasteiger partial charge >= 0.3 is 12.4 Å². The first kappa shape index (κ1) is 24.9. The predicted octanol–water partition coefficient (Wildman–Crippen LogP) is 5.99. The Balaban J connectivity index is 1.56. The van der Waals surface area contributed by atoms with Crippen molar-refractivity contribution in [3.8, 4) is 11.3 Å². The fourth-order valence-corrected chi connectivity index (χ4v) is 3.48. The van der Waals surface area contributed by atoms with Crippen LogP contribution in [0.2, 0.25) is 0 Å². The summed E-state index contributed by atoms with van der Waals surface area (Å²) in [5, 5.41) is 6.64. The van der Waals surface area contributed by atoms with Crippen molar-refractivity contribution in [3.63, 3.8) is 0 Å². The molecule has 3 aromatic heterocycles. The highest BCUT2D eigenvalue weighted by atomic mass is 19.4. The molecule has 4 rings (SSSR count). The van der Waals surface area contributed by atoms with Crippen LogP contribution in [0.15, 0.2) is 67.3 Å². The molecule has 0 atom stereocenters. The summed E-state index contributed by atoms with van der Waals surface area (Å²) in [6.07, 6.45) is -4.17. The number of rotatable bonds is 5. The summed E-state index contributed by atoms with van der Waals surface area (Å²) in [6, 6.07) is 8.32. The summed E-state index contributed by atoms with van der Waals surface area (Å²) >= 11 is 0. The van der Waals surface area contributed by atoms with Crippen LogP contribution in [0.3, 0.4) is 0 Å². The van der Waals surface area contributed by atoms with Gasteiger partial charge in [-0.3, -0.25) is 19.4 Å². The third-order valence-corrected chi connectivity index (χ3v) is 5.38. The summed E-state index contributed by atoms with van der Waals surface area (Å²) in [4.78, 5) is 21.0. The minimum absolute atomic E-state index is 0.0818. The molecule has 1 N–H and O–H groups in total. The normalized spacial score (nSPS) is 12.0. The molecule has 0 spiro atoms. The Hall–Kier alpha value is -4.22. The molecule has 0 fully saturated rings. The zero-order valence-corrected chi connectivity index (χ0v) is 18.5. The van der Waals surface area contributed by atoms with Gasteiger partial charge in [-0.15, -0.1) is 0 Å². The fraction of sp³-hybridized carbons (Fsp3) is 0.167. The first-order chi connectivity index (χ1) is 16.9. The number of aromatic nitrogens is 4. The zero-order chi connectivity index (χ0) is 26.1. The molecule has 4 aromatic rings. The van der Waals surface area contributed by atoms with Gasteiger partial charge in [0.05, 0.1) is 46.5 Å². The zero-order valence-electron chi connectivity index (χ0n) is 18.5. The van der Waals surface area contributed by atoms with Crippen LogP contribution >= 0.6 is 0 Å². The molecular formula is C24H17F6N5O. The van der Waals surface area contributed by atoms with Gasteiger partial charge in [-0.05, 0) is 42.8 Å². The molecule has 0 bridgehead atoms. The third-order valence-electron chi connectivity index (χ3n) is 5.38. The van der Waals surface area contributed by atoms with E-state index in [1.807, 2.05) is 0 Å². The Morgan fingerprint density at radius 2 is 1.75 bits per heavy atom. The number of carbonyl (C=O) groups is 1. The summed E-state index contributed by atoms with van der Waals surface area (Å²) in [6.45, 7) is 1.06. The van der Waals surface area contributed by atoms with Crippen LogP contribution in [0.4, 0.5) is 32.0 Å². The van der Waals surface area contributed by atoms with E-state index in [0.29, 0.717) is 23.0 Å². The summed E-state index contributed by atoms with van der Waals surface area (Å²) in [5.74, 6) is -0.534. The van der Waals surface area contributed by atoms with E-state index in [-0.39, 0.29) is 17.3 Å². The monoisotopic (exact) mass is 505 g/mol. The maximum atomic E-state index is 13.5. The Kier molecular flexibility index (Phi) is 6.53. The molecule has 0 aliphatic carbocycles. The number of hydrogen-bond acceptors (Lipinski definition) is 4. The van der Waals surface area contributed by atoms with Crippen molar-refractivity contribution in [3.05, 3.63) is 95.2 Å². The van der Waals surface area contributed by atoms with E-state index in [1.54, 1.807) is 36.7 Å². The molecule has 12 heteroatoms. The smallest absolute Gasteiger partial charge is 0.319 e. The Bertz CT molecular complexity index is 1400. The molecule has 1 amide bonds. The molecule has 1 aromatic carbocycles. The second kappa shape index (κ2) is 9.44. The number of nitrogens with one attached hydrogen (secondary N) is 1. The molecule has 0 saturated heterocycles. The molecular weight excluding hydrogens is 488 g/mol. The average Bonchev–Trinajstić information content (AvgIpc) is 3.17. The average molecular weight is 505 g/mol. The van der Waals surface area contributed by atoms with Crippen molar-refractivity contribution in [2.24, 2.45) is 0 Å². The number of pyridine rings is 2. The van der Waals surface area contributed by atoms with Gasteiger partial charge in [0.15, 0.2) is 0 Å². The van der Waals surface area contributed by atoms with E-state index in [9.17, 15) is 31.1 Å². The number of benzene rings is 1. The SMILES string of the molecule is Cc1c(NC(=O)c2cncc(-c3ccccn3)c2)cnn1Cc1ccc(C(F)(F)F)cc1C(F)(F)F. The fourth-order valence-electron chi connectivity index (χ4n) is 3.48. The minimum atomic E-state index is -5.00. The van der Waals surface area contributed by atoms with Gasteiger partial charge in [-0.1, -0.05) is 12.1 Å². The molecule has 6 nitrogen and oxygen atoms in total. The van der Waals surface area contributed by atoms with Gasteiger partial charge in [-0.2, -0.15) is 31.4 Å². The van der Waals surface area contributed by atoms with Gasteiger partial charge in [0.1, 0.15) is 0 Å². The largest absolute Gasteiger partial charge is 0.416 e. The van der Waals surface area contributed by atoms with E-state index < -0.39 is 41.5 Å². The van der Waals surface area contributed by atoms with Crippen molar-refractivity contribution >= 4 is 11.6 Å². The first-order valence-electron chi connectivity index (χ1n) is 10.4. The summed E-state index contributed by atoms with van der Waals surface area (Å²) < 4.78 is 80.4. The lowest BCUT2D eigenvalue weighted by molar-refractivity contribution is -0.143. The van der Waals surface area contributed by atoms with Crippen molar-refractivity contribution in [2.45, 2.75) is 25.8 Å². The van der Waals surface area contributed by atoms with Crippen molar-refractivity contribution in [1.29, 1.82) is 0 Å². The lowest BCUT2D eigenvalue weighted by Gasteiger charge is -2.16. The van der Waals surface area contributed by atoms with Crippen LogP contribution in [-0.4, -0.2) is 25.7 Å². The molecule has 36 heavy (non-hydrogen) atoms. The van der Waals surface area contributed by atoms with E-state index in [0.717, 1.165) is 10.7 Å². The van der Waals surface area contributed by atoms with E-state index in [1.165, 1.54) is 19.3 Å². The second-order valence-corrected chi connectivity index (χ2v) is 7.80. The predicted molar refractivity (Wildman–Crippen MR) is 118 cm³/mol. The van der Waals surface area contributed by atoms with Crippen LogP contribution in [0.5, 0.6) is 0 Å². The van der Waals surface area contributed by atoms with Gasteiger partial charge < -0.3 is 5.32 Å². The topological polar surface area (TPSA) is 72.7 Å². The molecule has 0 aliphatic heterocycles. The first-order valence-corrected chi connectivity index (χ1v) is 10.4. The minimum Gasteiger partial charge on any atom is -0.319 e. The van der Waals surface area contributed by atoms with Gasteiger partial charge in [0.25, 0.3) is 5.91 Å². The molecule has 186 valence electrons. The van der Waals surface area contributed by atoms with Gasteiger partial charge in [0.2, 0.25) is 0 Å². The van der Waals surface area contributed by atoms with Crippen molar-refractivity contribution in [1.82, 2.24) is 19.7 Å². The quantitative estimate of drug-likeness (QED) is 0.339. The van der Waals surface area contributed by atoms with Crippen LogP contribution in [0.25, 0.3) is 11.3 Å². The maximum Gasteiger partial charge on any atom is 0.416 e. The van der Waals surface area contributed by atoms with Gasteiger partial charge in [-0.25, -0.2) is 0 Å².